The molecule has 0 atom stereocenters. The molecule has 0 saturated heterocycles. The lowest BCUT2D eigenvalue weighted by Crippen LogP contribution is -1.92. The Kier molecular flexibility index (Phi) is 3.57. The molecule has 0 aliphatic carbocycles. The second kappa shape index (κ2) is 5.57. The molecule has 0 radical (unpaired) electrons. The predicted octanol–water partition coefficient (Wildman–Crippen LogP) is 3.82. The van der Waals surface area contributed by atoms with Crippen LogP contribution in [0, 0.1) is 6.92 Å². The minimum atomic E-state index is -0.547. The summed E-state index contributed by atoms with van der Waals surface area (Å²) in [6.07, 6.45) is 0. The maximum absolute atomic E-state index is 12.0. The Morgan fingerprint density at radius 3 is 2.48 bits per heavy atom. The van der Waals surface area contributed by atoms with Crippen LogP contribution in [0.1, 0.15) is 15.9 Å². The number of carbonyl (C=O) groups is 1. The van der Waals surface area contributed by atoms with Crippen LogP contribution in [0.4, 0.5) is 5.69 Å². The molecule has 0 aliphatic rings. The van der Waals surface area contributed by atoms with E-state index < -0.39 is 5.91 Å². The van der Waals surface area contributed by atoms with E-state index in [2.05, 4.69) is 10.2 Å². The number of phenolic OH excluding ortho intramolecular Hbond substituents is 1. The second-order valence-electron chi connectivity index (χ2n) is 5.30. The Bertz CT molecular complexity index is 924. The van der Waals surface area contributed by atoms with Crippen molar-refractivity contribution in [3.05, 3.63) is 53.6 Å². The quantitative estimate of drug-likeness (QED) is 0.705. The summed E-state index contributed by atoms with van der Waals surface area (Å²) in [6, 6.07) is 11.4. The summed E-state index contributed by atoms with van der Waals surface area (Å²) < 4.78 is 1.59. The summed E-state index contributed by atoms with van der Waals surface area (Å²) in [5.74, 6) is -0.525. The van der Waals surface area contributed by atoms with E-state index in [1.165, 1.54) is 24.3 Å². The van der Waals surface area contributed by atoms with Gasteiger partial charge in [-0.25, -0.2) is 0 Å². The summed E-state index contributed by atoms with van der Waals surface area (Å²) in [4.78, 5) is 12.0. The van der Waals surface area contributed by atoms with Gasteiger partial charge < -0.3 is 14.8 Å². The van der Waals surface area contributed by atoms with E-state index in [1.807, 2.05) is 25.1 Å². The summed E-state index contributed by atoms with van der Waals surface area (Å²) in [5.41, 5.74) is 2.39. The van der Waals surface area contributed by atoms with Crippen molar-refractivity contribution in [3.8, 4) is 11.6 Å². The van der Waals surface area contributed by atoms with Crippen LogP contribution in [-0.2, 0) is 7.05 Å². The van der Waals surface area contributed by atoms with Crippen LogP contribution in [0.5, 0.6) is 11.6 Å². The molecular weight excluding hydrogens is 294 g/mol. The third kappa shape index (κ3) is 2.66. The van der Waals surface area contributed by atoms with Gasteiger partial charge in [0.1, 0.15) is 5.75 Å². The zero-order chi connectivity index (χ0) is 16.6. The molecule has 2 aromatic carbocycles. The zero-order valence-corrected chi connectivity index (χ0v) is 12.7. The van der Waals surface area contributed by atoms with Gasteiger partial charge in [0.25, 0.3) is 5.91 Å². The number of hydrogen-bond donors (Lipinski definition) is 2. The Labute approximate surface area is 132 Å². The lowest BCUT2D eigenvalue weighted by Gasteiger charge is -1.96. The molecule has 0 fully saturated rings. The van der Waals surface area contributed by atoms with Crippen LogP contribution in [0.2, 0.25) is 0 Å². The molecule has 0 bridgehead atoms. The fraction of sp³-hybridized carbons (Fsp3) is 0.118. The monoisotopic (exact) mass is 309 g/mol. The molecule has 23 heavy (non-hydrogen) atoms. The van der Waals surface area contributed by atoms with Gasteiger partial charge in [-0.15, -0.1) is 10.2 Å². The summed E-state index contributed by atoms with van der Waals surface area (Å²) in [5, 5.41) is 27.8. The number of benzene rings is 2. The maximum atomic E-state index is 12.0. The molecule has 1 amide bonds. The molecule has 1 heterocycles. The average Bonchev–Trinajstić information content (AvgIpc) is 2.77. The van der Waals surface area contributed by atoms with E-state index in [1.54, 1.807) is 11.6 Å². The molecule has 6 nitrogen and oxygen atoms in total. The van der Waals surface area contributed by atoms with Gasteiger partial charge in [-0.1, -0.05) is 11.6 Å². The van der Waals surface area contributed by atoms with Crippen molar-refractivity contribution in [3.63, 3.8) is 0 Å². The Balaban J connectivity index is 2.01. The topological polar surface area (TPSA) is 87.2 Å². The van der Waals surface area contributed by atoms with E-state index in [-0.39, 0.29) is 17.3 Å². The number of aromatic hydroxyl groups is 2. The highest BCUT2D eigenvalue weighted by Crippen LogP contribution is 2.38. The van der Waals surface area contributed by atoms with E-state index in [0.717, 1.165) is 16.5 Å². The van der Waals surface area contributed by atoms with Crippen molar-refractivity contribution < 1.29 is 15.0 Å². The number of rotatable bonds is 2. The van der Waals surface area contributed by atoms with Gasteiger partial charge >= 0.3 is 0 Å². The van der Waals surface area contributed by atoms with Crippen molar-refractivity contribution in [1.29, 1.82) is 0 Å². The van der Waals surface area contributed by atoms with E-state index in [4.69, 9.17) is 0 Å². The van der Waals surface area contributed by atoms with E-state index in [0.29, 0.717) is 5.56 Å². The Morgan fingerprint density at radius 1 is 1.09 bits per heavy atom. The van der Waals surface area contributed by atoms with Crippen molar-refractivity contribution in [2.75, 3.05) is 0 Å². The second-order valence-corrected chi connectivity index (χ2v) is 5.30. The molecule has 116 valence electrons. The first-order valence-electron chi connectivity index (χ1n) is 7.00. The fourth-order valence-electron chi connectivity index (χ4n) is 2.38. The largest absolute Gasteiger partial charge is 0.508 e. The number of aryl methyl sites for hydroxylation is 2. The highest BCUT2D eigenvalue weighted by molar-refractivity contribution is 5.97. The third-order valence-corrected chi connectivity index (χ3v) is 3.65. The van der Waals surface area contributed by atoms with Crippen molar-refractivity contribution >= 4 is 22.5 Å². The molecule has 0 saturated carbocycles. The third-order valence-electron chi connectivity index (χ3n) is 3.65. The lowest BCUT2D eigenvalue weighted by molar-refractivity contribution is 0.0995. The molecule has 0 aliphatic heterocycles. The summed E-state index contributed by atoms with van der Waals surface area (Å²) in [7, 11) is 1.72. The smallest absolute Gasteiger partial charge is 0.295 e. The first-order chi connectivity index (χ1) is 11.0. The number of amides is 1. The lowest BCUT2D eigenvalue weighted by atomic mass is 10.1. The van der Waals surface area contributed by atoms with Crippen LogP contribution >= 0.6 is 0 Å². The van der Waals surface area contributed by atoms with Gasteiger partial charge in [0.05, 0.1) is 5.52 Å². The number of azo groups is 1. The molecule has 3 aromatic rings. The van der Waals surface area contributed by atoms with Gasteiger partial charge in [0, 0.05) is 18.0 Å². The number of fused-ring (bicyclic) bond motifs is 1. The first kappa shape index (κ1) is 14.8. The molecule has 0 unspecified atom stereocenters. The van der Waals surface area contributed by atoms with Crippen molar-refractivity contribution in [2.45, 2.75) is 6.92 Å². The first-order valence-corrected chi connectivity index (χ1v) is 7.00. The molecule has 0 spiro atoms. The van der Waals surface area contributed by atoms with Gasteiger partial charge in [-0.05, 0) is 43.3 Å². The number of phenols is 1. The van der Waals surface area contributed by atoms with Crippen LogP contribution in [-0.4, -0.2) is 20.7 Å². The van der Waals surface area contributed by atoms with Gasteiger partial charge in [-0.3, -0.25) is 4.79 Å². The van der Waals surface area contributed by atoms with Crippen LogP contribution < -0.4 is 0 Å². The SMILES string of the molecule is Cc1ccc2c(c1)c(N=NC(=O)c1ccc(O)cc1)c(O)n2C. The standard InChI is InChI=1S/C17H15N3O3/c1-10-3-8-14-13(9-10)15(17(23)20(14)2)18-19-16(22)11-4-6-12(21)7-5-11/h3-9,21,23H,1-2H3. The molecule has 2 N–H and O–H groups in total. The predicted molar refractivity (Wildman–Crippen MR) is 86.3 cm³/mol. The maximum Gasteiger partial charge on any atom is 0.295 e. The van der Waals surface area contributed by atoms with Gasteiger partial charge in [0.15, 0.2) is 5.69 Å². The minimum absolute atomic E-state index is 0.0483. The van der Waals surface area contributed by atoms with Crippen LogP contribution in [0.25, 0.3) is 10.9 Å². The number of hydrogen-bond acceptors (Lipinski definition) is 4. The highest BCUT2D eigenvalue weighted by Gasteiger charge is 2.15. The fourth-order valence-corrected chi connectivity index (χ4v) is 2.38. The van der Waals surface area contributed by atoms with Crippen molar-refractivity contribution in [2.24, 2.45) is 17.3 Å². The highest BCUT2D eigenvalue weighted by atomic mass is 16.3. The van der Waals surface area contributed by atoms with Crippen molar-refractivity contribution in [1.82, 2.24) is 4.57 Å². The number of nitrogens with zero attached hydrogens (tertiary/aromatic N) is 3. The van der Waals surface area contributed by atoms with E-state index in [9.17, 15) is 15.0 Å². The van der Waals surface area contributed by atoms with E-state index >= 15 is 0 Å². The summed E-state index contributed by atoms with van der Waals surface area (Å²) >= 11 is 0. The Hall–Kier alpha value is -3.15. The van der Waals surface area contributed by atoms with Gasteiger partial charge in [-0.2, -0.15) is 0 Å². The summed E-state index contributed by atoms with van der Waals surface area (Å²) in [6.45, 7) is 1.94. The van der Waals surface area contributed by atoms with Crippen LogP contribution in [0.3, 0.4) is 0 Å². The molecule has 3 rings (SSSR count). The molecular formula is C17H15N3O3. The number of carbonyl (C=O) groups excluding carboxylic acids is 1. The Morgan fingerprint density at radius 2 is 1.78 bits per heavy atom. The van der Waals surface area contributed by atoms with Crippen LogP contribution in [0.15, 0.2) is 52.7 Å². The average molecular weight is 309 g/mol. The normalized spacial score (nSPS) is 11.4. The number of aromatic nitrogens is 1. The molecule has 1 aromatic heterocycles. The minimum Gasteiger partial charge on any atom is -0.508 e. The zero-order valence-electron chi connectivity index (χ0n) is 12.7. The van der Waals surface area contributed by atoms with Gasteiger partial charge in [0.2, 0.25) is 5.88 Å². The molecule has 6 heteroatoms.